The zero-order valence-corrected chi connectivity index (χ0v) is 14.6. The first-order chi connectivity index (χ1) is 11.6. The van der Waals surface area contributed by atoms with E-state index in [-0.39, 0.29) is 17.0 Å². The first-order valence-corrected chi connectivity index (χ1v) is 8.88. The second kappa shape index (κ2) is 7.25. The normalized spacial score (nSPS) is 18.3. The number of amides is 1. The molecule has 0 saturated carbocycles. The predicted molar refractivity (Wildman–Crippen MR) is 91.9 cm³/mol. The van der Waals surface area contributed by atoms with E-state index in [4.69, 9.17) is 4.74 Å². The standard InChI is InChI=1S/C17H20FN3O2S/c1-20-11-13(16(19-20)23-2)17(22)21-8-7-15(24-10-9-21)12-5-3-4-6-14(12)18/h3-6,11,15H,7-10H2,1-2H3/t15-/m1/s1. The Morgan fingerprint density at radius 1 is 1.38 bits per heavy atom. The van der Waals surface area contributed by atoms with E-state index in [1.165, 1.54) is 13.2 Å². The van der Waals surface area contributed by atoms with Crippen LogP contribution in [0.1, 0.15) is 27.6 Å². The van der Waals surface area contributed by atoms with Crippen molar-refractivity contribution in [2.45, 2.75) is 11.7 Å². The summed E-state index contributed by atoms with van der Waals surface area (Å²) >= 11 is 1.70. The monoisotopic (exact) mass is 349 g/mol. The summed E-state index contributed by atoms with van der Waals surface area (Å²) in [5, 5.41) is 4.20. The lowest BCUT2D eigenvalue weighted by atomic mass is 10.1. The number of hydrogen-bond donors (Lipinski definition) is 0. The predicted octanol–water partition coefficient (Wildman–Crippen LogP) is 2.89. The molecule has 5 nitrogen and oxygen atoms in total. The van der Waals surface area contributed by atoms with Gasteiger partial charge in [0.2, 0.25) is 5.88 Å². The molecule has 128 valence electrons. The van der Waals surface area contributed by atoms with Crippen LogP contribution >= 0.6 is 11.8 Å². The van der Waals surface area contributed by atoms with Crippen molar-refractivity contribution in [1.29, 1.82) is 0 Å². The lowest BCUT2D eigenvalue weighted by molar-refractivity contribution is 0.0763. The van der Waals surface area contributed by atoms with Crippen molar-refractivity contribution in [1.82, 2.24) is 14.7 Å². The van der Waals surface area contributed by atoms with Gasteiger partial charge in [0.25, 0.3) is 5.91 Å². The molecule has 1 aliphatic heterocycles. The summed E-state index contributed by atoms with van der Waals surface area (Å²) in [6, 6.07) is 6.87. The summed E-state index contributed by atoms with van der Waals surface area (Å²) in [5.41, 5.74) is 1.19. The van der Waals surface area contributed by atoms with Crippen molar-refractivity contribution in [2.75, 3.05) is 26.0 Å². The Hall–Kier alpha value is -2.02. The zero-order chi connectivity index (χ0) is 17.1. The highest BCUT2D eigenvalue weighted by molar-refractivity contribution is 7.99. The van der Waals surface area contributed by atoms with Crippen molar-refractivity contribution in [3.63, 3.8) is 0 Å². The summed E-state index contributed by atoms with van der Waals surface area (Å²) in [6.07, 6.45) is 2.40. The maximum Gasteiger partial charge on any atom is 0.261 e. The van der Waals surface area contributed by atoms with E-state index in [1.807, 2.05) is 12.1 Å². The van der Waals surface area contributed by atoms with Gasteiger partial charge in [0.1, 0.15) is 11.4 Å². The smallest absolute Gasteiger partial charge is 0.261 e. The van der Waals surface area contributed by atoms with E-state index in [0.29, 0.717) is 24.5 Å². The first-order valence-electron chi connectivity index (χ1n) is 7.83. The van der Waals surface area contributed by atoms with Crippen LogP contribution in [0.2, 0.25) is 0 Å². The lowest BCUT2D eigenvalue weighted by Gasteiger charge is -2.20. The van der Waals surface area contributed by atoms with Gasteiger partial charge in [-0.15, -0.1) is 5.10 Å². The molecule has 0 aliphatic carbocycles. The number of aryl methyl sites for hydroxylation is 1. The zero-order valence-electron chi connectivity index (χ0n) is 13.7. The summed E-state index contributed by atoms with van der Waals surface area (Å²) in [6.45, 7) is 1.22. The largest absolute Gasteiger partial charge is 0.479 e. The van der Waals surface area contributed by atoms with Crippen LogP contribution in [0.5, 0.6) is 5.88 Å². The Morgan fingerprint density at radius 2 is 2.17 bits per heavy atom. The van der Waals surface area contributed by atoms with Gasteiger partial charge in [-0.2, -0.15) is 11.8 Å². The van der Waals surface area contributed by atoms with Crippen molar-refractivity contribution >= 4 is 17.7 Å². The highest BCUT2D eigenvalue weighted by Crippen LogP contribution is 2.36. The SMILES string of the molecule is COc1nn(C)cc1C(=O)N1CCS[C@@H](c2ccccc2F)CC1. The molecule has 1 aromatic heterocycles. The van der Waals surface area contributed by atoms with Crippen molar-refractivity contribution in [3.05, 3.63) is 47.4 Å². The molecule has 0 N–H and O–H groups in total. The van der Waals surface area contributed by atoms with Crippen LogP contribution in [-0.4, -0.2) is 46.5 Å². The molecule has 2 heterocycles. The Labute approximate surface area is 144 Å². The quantitative estimate of drug-likeness (QED) is 0.855. The van der Waals surface area contributed by atoms with E-state index in [0.717, 1.165) is 17.7 Å². The molecule has 24 heavy (non-hydrogen) atoms. The number of rotatable bonds is 3. The molecule has 1 aliphatic rings. The number of carbonyl (C=O) groups is 1. The van der Waals surface area contributed by atoms with Crippen LogP contribution in [0.4, 0.5) is 4.39 Å². The van der Waals surface area contributed by atoms with Gasteiger partial charge < -0.3 is 9.64 Å². The van der Waals surface area contributed by atoms with E-state index in [1.54, 1.807) is 40.7 Å². The fraction of sp³-hybridized carbons (Fsp3) is 0.412. The van der Waals surface area contributed by atoms with Crippen molar-refractivity contribution < 1.29 is 13.9 Å². The van der Waals surface area contributed by atoms with Crippen LogP contribution < -0.4 is 4.74 Å². The van der Waals surface area contributed by atoms with Crippen LogP contribution in [0, 0.1) is 5.82 Å². The third-order valence-corrected chi connectivity index (χ3v) is 5.41. The number of hydrogen-bond acceptors (Lipinski definition) is 4. The van der Waals surface area contributed by atoms with Gasteiger partial charge in [0.15, 0.2) is 0 Å². The van der Waals surface area contributed by atoms with Crippen LogP contribution in [0.25, 0.3) is 0 Å². The number of ether oxygens (including phenoxy) is 1. The van der Waals surface area contributed by atoms with Gasteiger partial charge >= 0.3 is 0 Å². The maximum absolute atomic E-state index is 14.0. The molecular weight excluding hydrogens is 329 g/mol. The van der Waals surface area contributed by atoms with Crippen LogP contribution in [0.3, 0.4) is 0 Å². The Balaban J connectivity index is 1.73. The molecule has 1 fully saturated rings. The van der Waals surface area contributed by atoms with Gasteiger partial charge in [-0.1, -0.05) is 18.2 Å². The molecule has 1 atom stereocenters. The molecule has 1 saturated heterocycles. The fourth-order valence-electron chi connectivity index (χ4n) is 2.89. The number of nitrogens with zero attached hydrogens (tertiary/aromatic N) is 3. The van der Waals surface area contributed by atoms with Gasteiger partial charge in [0, 0.05) is 42.9 Å². The van der Waals surface area contributed by atoms with Crippen LogP contribution in [-0.2, 0) is 7.05 Å². The molecule has 1 amide bonds. The molecule has 3 rings (SSSR count). The number of carbonyl (C=O) groups excluding carboxylic acids is 1. The van der Waals surface area contributed by atoms with Crippen molar-refractivity contribution in [2.24, 2.45) is 7.05 Å². The third-order valence-electron chi connectivity index (χ3n) is 4.10. The van der Waals surface area contributed by atoms with Gasteiger partial charge in [-0.25, -0.2) is 4.39 Å². The van der Waals surface area contributed by atoms with Crippen molar-refractivity contribution in [3.8, 4) is 5.88 Å². The summed E-state index contributed by atoms with van der Waals surface area (Å²) in [5.74, 6) is 0.844. The third kappa shape index (κ3) is 3.40. The van der Waals surface area contributed by atoms with Gasteiger partial charge in [-0.05, 0) is 12.5 Å². The first kappa shape index (κ1) is 16.8. The maximum atomic E-state index is 14.0. The minimum Gasteiger partial charge on any atom is -0.479 e. The molecule has 1 aromatic carbocycles. The van der Waals surface area contributed by atoms with E-state index in [2.05, 4.69) is 5.10 Å². The number of aromatic nitrogens is 2. The lowest BCUT2D eigenvalue weighted by Crippen LogP contribution is -2.33. The summed E-state index contributed by atoms with van der Waals surface area (Å²) in [7, 11) is 3.26. The molecule has 2 aromatic rings. The Kier molecular flexibility index (Phi) is 5.08. The van der Waals surface area contributed by atoms with Crippen LogP contribution in [0.15, 0.2) is 30.5 Å². The molecule has 7 heteroatoms. The Bertz CT molecular complexity index is 734. The highest BCUT2D eigenvalue weighted by Gasteiger charge is 2.27. The second-order valence-corrected chi connectivity index (χ2v) is 7.00. The average molecular weight is 349 g/mol. The molecule has 0 spiro atoms. The summed E-state index contributed by atoms with van der Waals surface area (Å²) in [4.78, 5) is 14.6. The number of benzene rings is 1. The second-order valence-electron chi connectivity index (χ2n) is 5.69. The number of halogens is 1. The van der Waals surface area contributed by atoms with E-state index < -0.39 is 0 Å². The molecular formula is C17H20FN3O2S. The highest BCUT2D eigenvalue weighted by atomic mass is 32.2. The molecule has 0 radical (unpaired) electrons. The molecule has 0 unspecified atom stereocenters. The molecule has 0 bridgehead atoms. The minimum atomic E-state index is -0.177. The topological polar surface area (TPSA) is 47.4 Å². The fourth-order valence-corrected chi connectivity index (χ4v) is 4.15. The Morgan fingerprint density at radius 3 is 2.92 bits per heavy atom. The van der Waals surface area contributed by atoms with Gasteiger partial charge in [0.05, 0.1) is 7.11 Å². The minimum absolute atomic E-state index is 0.0693. The summed E-state index contributed by atoms with van der Waals surface area (Å²) < 4.78 is 20.8. The average Bonchev–Trinajstić information content (AvgIpc) is 2.80. The number of methoxy groups -OCH3 is 1. The number of thioether (sulfide) groups is 1. The van der Waals surface area contributed by atoms with Gasteiger partial charge in [-0.3, -0.25) is 9.48 Å². The van der Waals surface area contributed by atoms with E-state index >= 15 is 0 Å². The van der Waals surface area contributed by atoms with E-state index in [9.17, 15) is 9.18 Å².